The zero-order chi connectivity index (χ0) is 12.5. The van der Waals surface area contributed by atoms with Crippen LogP contribution in [0.5, 0.6) is 0 Å². The van der Waals surface area contributed by atoms with E-state index < -0.39 is 0 Å². The molecule has 2 nitrogen and oxygen atoms in total. The average Bonchev–Trinajstić information content (AvgIpc) is 2.35. The molecule has 1 rings (SSSR count). The summed E-state index contributed by atoms with van der Waals surface area (Å²) in [5, 5.41) is 3.65. The fourth-order valence-electron chi connectivity index (χ4n) is 2.60. The number of hydrogen-bond acceptors (Lipinski definition) is 2. The molecule has 2 unspecified atom stereocenters. The second kappa shape index (κ2) is 8.93. The predicted molar refractivity (Wildman–Crippen MR) is 74.4 cm³/mol. The van der Waals surface area contributed by atoms with Crippen molar-refractivity contribution in [2.75, 3.05) is 13.2 Å². The van der Waals surface area contributed by atoms with Gasteiger partial charge in [0.1, 0.15) is 0 Å². The Morgan fingerprint density at radius 2 is 1.88 bits per heavy atom. The zero-order valence-corrected chi connectivity index (χ0v) is 12.0. The molecule has 0 heterocycles. The van der Waals surface area contributed by atoms with Gasteiger partial charge < -0.3 is 10.1 Å². The average molecular weight is 241 g/mol. The molecule has 0 aliphatic heterocycles. The Kier molecular flexibility index (Phi) is 7.87. The standard InChI is InChI=1S/C15H31NO/c1-4-8-13(2)12-17-14(3)11-16-15-9-6-5-7-10-15/h13-16H,4-12H2,1-3H3. The molecule has 102 valence electrons. The topological polar surface area (TPSA) is 21.3 Å². The van der Waals surface area contributed by atoms with E-state index in [0.717, 1.165) is 19.2 Å². The van der Waals surface area contributed by atoms with E-state index in [-0.39, 0.29) is 0 Å². The summed E-state index contributed by atoms with van der Waals surface area (Å²) < 4.78 is 5.88. The van der Waals surface area contributed by atoms with Crippen LogP contribution in [0.15, 0.2) is 0 Å². The van der Waals surface area contributed by atoms with Gasteiger partial charge in [-0.3, -0.25) is 0 Å². The van der Waals surface area contributed by atoms with Crippen molar-refractivity contribution in [2.45, 2.75) is 77.9 Å². The number of rotatable bonds is 8. The predicted octanol–water partition coefficient (Wildman–Crippen LogP) is 3.75. The highest BCUT2D eigenvalue weighted by Crippen LogP contribution is 2.17. The summed E-state index contributed by atoms with van der Waals surface area (Å²) >= 11 is 0. The number of nitrogens with one attached hydrogen (secondary N) is 1. The molecule has 2 atom stereocenters. The summed E-state index contributed by atoms with van der Waals surface area (Å²) in [6.45, 7) is 8.65. The minimum absolute atomic E-state index is 0.358. The first-order valence-electron chi connectivity index (χ1n) is 7.57. The summed E-state index contributed by atoms with van der Waals surface area (Å²) in [5.41, 5.74) is 0. The van der Waals surface area contributed by atoms with Gasteiger partial charge in [-0.15, -0.1) is 0 Å². The van der Waals surface area contributed by atoms with Gasteiger partial charge in [0.2, 0.25) is 0 Å². The second-order valence-corrected chi connectivity index (χ2v) is 5.78. The maximum Gasteiger partial charge on any atom is 0.0671 e. The molecule has 0 radical (unpaired) electrons. The van der Waals surface area contributed by atoms with E-state index in [9.17, 15) is 0 Å². The summed E-state index contributed by atoms with van der Waals surface area (Å²) in [5.74, 6) is 0.706. The Hall–Kier alpha value is -0.0800. The quantitative estimate of drug-likeness (QED) is 0.699. The zero-order valence-electron chi connectivity index (χ0n) is 12.0. The minimum atomic E-state index is 0.358. The van der Waals surface area contributed by atoms with Gasteiger partial charge in [0.15, 0.2) is 0 Å². The Bertz CT molecular complexity index is 178. The van der Waals surface area contributed by atoms with Crippen LogP contribution in [-0.4, -0.2) is 25.3 Å². The van der Waals surface area contributed by atoms with Crippen molar-refractivity contribution in [1.82, 2.24) is 5.32 Å². The van der Waals surface area contributed by atoms with Gasteiger partial charge in [-0.2, -0.15) is 0 Å². The van der Waals surface area contributed by atoms with Crippen LogP contribution in [0.4, 0.5) is 0 Å². The van der Waals surface area contributed by atoms with E-state index in [0.29, 0.717) is 12.0 Å². The minimum Gasteiger partial charge on any atom is -0.377 e. The third-order valence-corrected chi connectivity index (χ3v) is 3.75. The van der Waals surface area contributed by atoms with Crippen molar-refractivity contribution < 1.29 is 4.74 Å². The third-order valence-electron chi connectivity index (χ3n) is 3.75. The first kappa shape index (κ1) is 15.0. The van der Waals surface area contributed by atoms with Crippen molar-refractivity contribution in [3.63, 3.8) is 0 Å². The van der Waals surface area contributed by atoms with E-state index in [1.165, 1.54) is 44.9 Å². The maximum atomic E-state index is 5.88. The van der Waals surface area contributed by atoms with Crippen molar-refractivity contribution in [2.24, 2.45) is 5.92 Å². The normalized spacial score (nSPS) is 21.4. The van der Waals surface area contributed by atoms with Crippen LogP contribution in [0.3, 0.4) is 0 Å². The van der Waals surface area contributed by atoms with E-state index in [4.69, 9.17) is 4.74 Å². The first-order chi connectivity index (χ1) is 8.22. The van der Waals surface area contributed by atoms with Gasteiger partial charge in [0, 0.05) is 19.2 Å². The molecule has 1 saturated carbocycles. The lowest BCUT2D eigenvalue weighted by Crippen LogP contribution is -2.37. The lowest BCUT2D eigenvalue weighted by molar-refractivity contribution is 0.0398. The van der Waals surface area contributed by atoms with Crippen LogP contribution in [0.2, 0.25) is 0 Å². The van der Waals surface area contributed by atoms with Crippen LogP contribution in [0.25, 0.3) is 0 Å². The molecule has 1 aliphatic carbocycles. The molecule has 2 heteroatoms. The van der Waals surface area contributed by atoms with E-state index in [1.807, 2.05) is 0 Å². The van der Waals surface area contributed by atoms with Crippen molar-refractivity contribution in [1.29, 1.82) is 0 Å². The van der Waals surface area contributed by atoms with Crippen LogP contribution >= 0.6 is 0 Å². The molecule has 0 saturated heterocycles. The van der Waals surface area contributed by atoms with Gasteiger partial charge in [-0.1, -0.05) is 39.5 Å². The van der Waals surface area contributed by atoms with Gasteiger partial charge in [0.05, 0.1) is 6.10 Å². The Balaban J connectivity index is 2.01. The van der Waals surface area contributed by atoms with Crippen molar-refractivity contribution in [3.8, 4) is 0 Å². The molecule has 0 aromatic rings. The fourth-order valence-corrected chi connectivity index (χ4v) is 2.60. The molecule has 1 N–H and O–H groups in total. The molecule has 1 aliphatic rings. The smallest absolute Gasteiger partial charge is 0.0671 e. The fraction of sp³-hybridized carbons (Fsp3) is 1.00. The lowest BCUT2D eigenvalue weighted by Gasteiger charge is -2.25. The van der Waals surface area contributed by atoms with Crippen LogP contribution < -0.4 is 5.32 Å². The van der Waals surface area contributed by atoms with Crippen LogP contribution in [0.1, 0.15) is 65.7 Å². The molecule has 0 bridgehead atoms. The van der Waals surface area contributed by atoms with Gasteiger partial charge in [0.25, 0.3) is 0 Å². The number of hydrogen-bond donors (Lipinski definition) is 1. The van der Waals surface area contributed by atoms with E-state index in [1.54, 1.807) is 0 Å². The highest BCUT2D eigenvalue weighted by atomic mass is 16.5. The first-order valence-corrected chi connectivity index (χ1v) is 7.57. The molecular formula is C15H31NO. The van der Waals surface area contributed by atoms with Gasteiger partial charge >= 0.3 is 0 Å². The molecule has 0 amide bonds. The number of ether oxygens (including phenoxy) is 1. The van der Waals surface area contributed by atoms with Crippen molar-refractivity contribution >= 4 is 0 Å². The van der Waals surface area contributed by atoms with Gasteiger partial charge in [-0.05, 0) is 32.1 Å². The molecule has 17 heavy (non-hydrogen) atoms. The molecule has 0 spiro atoms. The molecule has 1 fully saturated rings. The lowest BCUT2D eigenvalue weighted by atomic mass is 9.95. The largest absolute Gasteiger partial charge is 0.377 e. The highest BCUT2D eigenvalue weighted by molar-refractivity contribution is 4.73. The van der Waals surface area contributed by atoms with Gasteiger partial charge in [-0.25, -0.2) is 0 Å². The Morgan fingerprint density at radius 1 is 1.18 bits per heavy atom. The van der Waals surface area contributed by atoms with Crippen molar-refractivity contribution in [3.05, 3.63) is 0 Å². The van der Waals surface area contributed by atoms with Crippen LogP contribution in [-0.2, 0) is 4.74 Å². The Morgan fingerprint density at radius 3 is 2.53 bits per heavy atom. The monoisotopic (exact) mass is 241 g/mol. The SMILES string of the molecule is CCCC(C)COC(C)CNC1CCCCC1. The summed E-state index contributed by atoms with van der Waals surface area (Å²) in [6, 6.07) is 0.753. The summed E-state index contributed by atoms with van der Waals surface area (Å²) in [6.07, 6.45) is 9.86. The highest BCUT2D eigenvalue weighted by Gasteiger charge is 2.14. The summed E-state index contributed by atoms with van der Waals surface area (Å²) in [7, 11) is 0. The molecule has 0 aromatic carbocycles. The molecular weight excluding hydrogens is 210 g/mol. The summed E-state index contributed by atoms with van der Waals surface area (Å²) in [4.78, 5) is 0. The maximum absolute atomic E-state index is 5.88. The molecule has 0 aromatic heterocycles. The van der Waals surface area contributed by atoms with E-state index in [2.05, 4.69) is 26.1 Å². The second-order valence-electron chi connectivity index (χ2n) is 5.78. The van der Waals surface area contributed by atoms with E-state index >= 15 is 0 Å². The Labute approximate surface area is 108 Å². The third kappa shape index (κ3) is 7.05. The van der Waals surface area contributed by atoms with Crippen LogP contribution in [0, 0.1) is 5.92 Å².